The Kier molecular flexibility index (Phi) is 3.32. The van der Waals surface area contributed by atoms with E-state index in [1.807, 2.05) is 6.92 Å². The van der Waals surface area contributed by atoms with Gasteiger partial charge in [-0.2, -0.15) is 0 Å². The van der Waals surface area contributed by atoms with Gasteiger partial charge in [-0.15, -0.1) is 0 Å². The zero-order chi connectivity index (χ0) is 12.3. The molecule has 17 heavy (non-hydrogen) atoms. The van der Waals surface area contributed by atoms with Gasteiger partial charge in [0.05, 0.1) is 6.20 Å². The number of benzene rings is 1. The van der Waals surface area contributed by atoms with Crippen LogP contribution >= 0.6 is 0 Å². The van der Waals surface area contributed by atoms with Gasteiger partial charge in [0.2, 0.25) is 0 Å². The molecule has 0 saturated carbocycles. The summed E-state index contributed by atoms with van der Waals surface area (Å²) in [5.74, 6) is -0.671. The average Bonchev–Trinajstić information content (AvgIpc) is 2.30. The number of anilines is 1. The lowest BCUT2D eigenvalue weighted by Crippen LogP contribution is -2.02. The summed E-state index contributed by atoms with van der Waals surface area (Å²) < 4.78 is 25.9. The maximum absolute atomic E-state index is 13.0. The summed E-state index contributed by atoms with van der Waals surface area (Å²) in [4.78, 5) is 3.75. The number of hydrogen-bond donors (Lipinski definition) is 1. The minimum atomic E-state index is -0.375. The SMILES string of the molecule is Cc1ccc(F)cc1NCc1cncc(F)c1. The van der Waals surface area contributed by atoms with Crippen molar-refractivity contribution in [2.24, 2.45) is 0 Å². The predicted molar refractivity (Wildman–Crippen MR) is 62.7 cm³/mol. The Morgan fingerprint density at radius 3 is 2.71 bits per heavy atom. The summed E-state index contributed by atoms with van der Waals surface area (Å²) in [5, 5.41) is 3.05. The third-order valence-corrected chi connectivity index (χ3v) is 2.44. The van der Waals surface area contributed by atoms with E-state index in [1.54, 1.807) is 12.3 Å². The molecule has 0 fully saturated rings. The van der Waals surface area contributed by atoms with Gasteiger partial charge in [-0.1, -0.05) is 6.07 Å². The molecule has 0 aliphatic rings. The Labute approximate surface area is 98.3 Å². The largest absolute Gasteiger partial charge is 0.381 e. The van der Waals surface area contributed by atoms with Crippen molar-refractivity contribution in [2.75, 3.05) is 5.32 Å². The van der Waals surface area contributed by atoms with Crippen molar-refractivity contribution in [3.05, 3.63) is 59.4 Å². The number of pyridine rings is 1. The normalized spacial score (nSPS) is 10.3. The highest BCUT2D eigenvalue weighted by Gasteiger charge is 2.01. The van der Waals surface area contributed by atoms with Gasteiger partial charge in [0.25, 0.3) is 0 Å². The standard InChI is InChI=1S/C13H12F2N2/c1-9-2-3-11(14)5-13(9)17-7-10-4-12(15)8-16-6-10/h2-6,8,17H,7H2,1H3. The summed E-state index contributed by atoms with van der Waals surface area (Å²) in [5.41, 5.74) is 2.36. The number of nitrogens with zero attached hydrogens (tertiary/aromatic N) is 1. The number of aryl methyl sites for hydroxylation is 1. The third kappa shape index (κ3) is 3.00. The number of nitrogens with one attached hydrogen (secondary N) is 1. The highest BCUT2D eigenvalue weighted by atomic mass is 19.1. The highest BCUT2D eigenvalue weighted by molar-refractivity contribution is 5.50. The highest BCUT2D eigenvalue weighted by Crippen LogP contribution is 2.16. The van der Waals surface area contributed by atoms with Crippen LogP contribution in [0.4, 0.5) is 14.5 Å². The summed E-state index contributed by atoms with van der Waals surface area (Å²) in [7, 11) is 0. The molecule has 88 valence electrons. The van der Waals surface area contributed by atoms with Gasteiger partial charge in [-0.25, -0.2) is 8.78 Å². The van der Waals surface area contributed by atoms with E-state index in [4.69, 9.17) is 0 Å². The number of rotatable bonds is 3. The molecule has 1 heterocycles. The van der Waals surface area contributed by atoms with E-state index in [-0.39, 0.29) is 11.6 Å². The van der Waals surface area contributed by atoms with Crippen LogP contribution in [0.1, 0.15) is 11.1 Å². The van der Waals surface area contributed by atoms with Crippen LogP contribution in [0.2, 0.25) is 0 Å². The molecule has 1 N–H and O–H groups in total. The van der Waals surface area contributed by atoms with Gasteiger partial charge in [-0.05, 0) is 36.2 Å². The molecule has 0 aliphatic carbocycles. The number of halogens is 2. The van der Waals surface area contributed by atoms with E-state index in [0.717, 1.165) is 11.8 Å². The summed E-state index contributed by atoms with van der Waals surface area (Å²) in [6.45, 7) is 2.29. The lowest BCUT2D eigenvalue weighted by atomic mass is 10.2. The molecule has 2 nitrogen and oxygen atoms in total. The van der Waals surface area contributed by atoms with Crippen LogP contribution in [-0.4, -0.2) is 4.98 Å². The molecule has 0 aliphatic heterocycles. The maximum Gasteiger partial charge on any atom is 0.141 e. The molecule has 2 rings (SSSR count). The molecule has 0 atom stereocenters. The second kappa shape index (κ2) is 4.91. The van der Waals surface area contributed by atoms with Crippen LogP contribution in [-0.2, 0) is 6.54 Å². The summed E-state index contributed by atoms with van der Waals surface area (Å²) >= 11 is 0. The van der Waals surface area contributed by atoms with Crippen molar-refractivity contribution in [1.82, 2.24) is 4.98 Å². The van der Waals surface area contributed by atoms with Crippen LogP contribution < -0.4 is 5.32 Å². The van der Waals surface area contributed by atoms with Gasteiger partial charge < -0.3 is 5.32 Å². The van der Waals surface area contributed by atoms with Crippen LogP contribution in [0.5, 0.6) is 0 Å². The van der Waals surface area contributed by atoms with Crippen LogP contribution in [0.25, 0.3) is 0 Å². The van der Waals surface area contributed by atoms with E-state index >= 15 is 0 Å². The first-order valence-electron chi connectivity index (χ1n) is 5.24. The molecule has 0 saturated heterocycles. The third-order valence-electron chi connectivity index (χ3n) is 2.44. The van der Waals surface area contributed by atoms with E-state index in [1.165, 1.54) is 18.2 Å². The molecule has 0 bridgehead atoms. The topological polar surface area (TPSA) is 24.9 Å². The van der Waals surface area contributed by atoms with Gasteiger partial charge in [-0.3, -0.25) is 4.98 Å². The van der Waals surface area contributed by atoms with Crippen LogP contribution in [0.3, 0.4) is 0 Å². The number of aromatic nitrogens is 1. The maximum atomic E-state index is 13.0. The monoisotopic (exact) mass is 234 g/mol. The minimum absolute atomic E-state index is 0.296. The van der Waals surface area contributed by atoms with E-state index in [0.29, 0.717) is 17.8 Å². The molecule has 1 aromatic carbocycles. The molecule has 2 aromatic rings. The van der Waals surface area contributed by atoms with Crippen molar-refractivity contribution in [3.63, 3.8) is 0 Å². The fourth-order valence-corrected chi connectivity index (χ4v) is 1.53. The second-order valence-corrected chi connectivity index (χ2v) is 3.82. The lowest BCUT2D eigenvalue weighted by molar-refractivity contribution is 0.618. The second-order valence-electron chi connectivity index (χ2n) is 3.82. The van der Waals surface area contributed by atoms with Crippen molar-refractivity contribution in [3.8, 4) is 0 Å². The minimum Gasteiger partial charge on any atom is -0.381 e. The van der Waals surface area contributed by atoms with Crippen molar-refractivity contribution in [1.29, 1.82) is 0 Å². The fraction of sp³-hybridized carbons (Fsp3) is 0.154. The van der Waals surface area contributed by atoms with E-state index < -0.39 is 0 Å². The van der Waals surface area contributed by atoms with E-state index in [9.17, 15) is 8.78 Å². The molecule has 1 aromatic heterocycles. The Balaban J connectivity index is 2.09. The lowest BCUT2D eigenvalue weighted by Gasteiger charge is -2.09. The Hall–Kier alpha value is -1.97. The Bertz CT molecular complexity index is 527. The molecule has 0 radical (unpaired) electrons. The summed E-state index contributed by atoms with van der Waals surface area (Å²) in [6, 6.07) is 5.92. The Morgan fingerprint density at radius 1 is 1.12 bits per heavy atom. The number of hydrogen-bond acceptors (Lipinski definition) is 2. The van der Waals surface area contributed by atoms with Crippen molar-refractivity contribution >= 4 is 5.69 Å². The first kappa shape index (κ1) is 11.5. The van der Waals surface area contributed by atoms with E-state index in [2.05, 4.69) is 10.3 Å². The fourth-order valence-electron chi connectivity index (χ4n) is 1.53. The quantitative estimate of drug-likeness (QED) is 0.881. The molecule has 0 amide bonds. The molecule has 0 spiro atoms. The molecule has 0 unspecified atom stereocenters. The zero-order valence-corrected chi connectivity index (χ0v) is 9.37. The molecular weight excluding hydrogens is 222 g/mol. The van der Waals surface area contributed by atoms with Crippen LogP contribution in [0, 0.1) is 18.6 Å². The van der Waals surface area contributed by atoms with Gasteiger partial charge in [0.15, 0.2) is 0 Å². The van der Waals surface area contributed by atoms with Crippen molar-refractivity contribution < 1.29 is 8.78 Å². The zero-order valence-electron chi connectivity index (χ0n) is 9.37. The first-order chi connectivity index (χ1) is 8.15. The average molecular weight is 234 g/mol. The summed E-state index contributed by atoms with van der Waals surface area (Å²) in [6.07, 6.45) is 2.72. The molecular formula is C13H12F2N2. The van der Waals surface area contributed by atoms with Gasteiger partial charge in [0.1, 0.15) is 11.6 Å². The molecule has 4 heteroatoms. The first-order valence-corrected chi connectivity index (χ1v) is 5.24. The Morgan fingerprint density at radius 2 is 1.94 bits per heavy atom. The van der Waals surface area contributed by atoms with Gasteiger partial charge in [0, 0.05) is 18.4 Å². The predicted octanol–water partition coefficient (Wildman–Crippen LogP) is 3.28. The van der Waals surface area contributed by atoms with Crippen LogP contribution in [0.15, 0.2) is 36.7 Å². The smallest absolute Gasteiger partial charge is 0.141 e. The van der Waals surface area contributed by atoms with Crippen molar-refractivity contribution in [2.45, 2.75) is 13.5 Å². The van der Waals surface area contributed by atoms with Gasteiger partial charge >= 0.3 is 0 Å².